The number of carbonyl (C=O) groups is 3. The predicted octanol–water partition coefficient (Wildman–Crippen LogP) is 1.74. The second-order valence-corrected chi connectivity index (χ2v) is 7.99. The van der Waals surface area contributed by atoms with Gasteiger partial charge in [-0.25, -0.2) is 0 Å². The molecule has 3 N–H and O–H groups in total. The third-order valence-corrected chi connectivity index (χ3v) is 5.93. The Kier molecular flexibility index (Phi) is 8.80. The molecule has 0 amide bonds. The zero-order chi connectivity index (χ0) is 19.8. The molecule has 4 atom stereocenters. The zero-order valence-electron chi connectivity index (χ0n) is 15.9. The minimum absolute atomic E-state index is 0.0476. The quantitative estimate of drug-likeness (QED) is 0.372. The van der Waals surface area contributed by atoms with Crippen LogP contribution in [0.15, 0.2) is 12.2 Å². The molecule has 0 aromatic rings. The molecule has 27 heavy (non-hydrogen) atoms. The summed E-state index contributed by atoms with van der Waals surface area (Å²) in [4.78, 5) is 35.5. The van der Waals surface area contributed by atoms with Gasteiger partial charge in [-0.3, -0.25) is 14.4 Å². The van der Waals surface area contributed by atoms with Crippen LogP contribution in [-0.2, 0) is 14.4 Å². The van der Waals surface area contributed by atoms with Crippen LogP contribution in [0.3, 0.4) is 0 Å². The molecule has 2 aliphatic rings. The Bertz CT molecular complexity index is 549. The lowest BCUT2D eigenvalue weighted by Crippen LogP contribution is -2.23. The first kappa shape index (κ1) is 21.9. The summed E-state index contributed by atoms with van der Waals surface area (Å²) in [5, 5.41) is 29.1. The number of aliphatic hydroxyl groups is 3. The van der Waals surface area contributed by atoms with E-state index in [0.717, 1.165) is 25.7 Å². The molecule has 6 nitrogen and oxygen atoms in total. The van der Waals surface area contributed by atoms with Gasteiger partial charge in [-0.15, -0.1) is 0 Å². The van der Waals surface area contributed by atoms with Crippen LogP contribution in [0, 0.1) is 17.8 Å². The highest BCUT2D eigenvalue weighted by atomic mass is 16.3. The smallest absolute Gasteiger partial charge is 0.158 e. The van der Waals surface area contributed by atoms with Crippen LogP contribution in [0.25, 0.3) is 0 Å². The Morgan fingerprint density at radius 1 is 1.11 bits per heavy atom. The standard InChI is InChI=1S/C21H32O6/c22-13-16(24)8-4-3-7-15(23)11-18-17(20(26)12-21(18)27)9-10-19(25)14-5-1-2-6-14/h9-10,14,17-20,22,25-26H,1-8,11-13H2/t17-,18-,19-,20-/m1/s1. The van der Waals surface area contributed by atoms with Gasteiger partial charge in [-0.2, -0.15) is 0 Å². The highest BCUT2D eigenvalue weighted by Gasteiger charge is 2.41. The minimum Gasteiger partial charge on any atom is -0.392 e. The highest BCUT2D eigenvalue weighted by molar-refractivity contribution is 5.90. The summed E-state index contributed by atoms with van der Waals surface area (Å²) in [5.41, 5.74) is 0. The van der Waals surface area contributed by atoms with Crippen molar-refractivity contribution in [3.8, 4) is 0 Å². The maximum Gasteiger partial charge on any atom is 0.158 e. The fourth-order valence-corrected chi connectivity index (χ4v) is 4.26. The van der Waals surface area contributed by atoms with Crippen molar-refractivity contribution >= 4 is 17.3 Å². The molecule has 6 heteroatoms. The molecular weight excluding hydrogens is 348 g/mol. The van der Waals surface area contributed by atoms with Gasteiger partial charge in [-0.1, -0.05) is 25.0 Å². The van der Waals surface area contributed by atoms with Crippen molar-refractivity contribution in [2.75, 3.05) is 6.61 Å². The maximum atomic E-state index is 12.2. The first-order chi connectivity index (χ1) is 12.9. The van der Waals surface area contributed by atoms with Gasteiger partial charge >= 0.3 is 0 Å². The van der Waals surface area contributed by atoms with Crippen LogP contribution in [0.2, 0.25) is 0 Å². The number of hydrogen-bond donors (Lipinski definition) is 3. The molecule has 0 radical (unpaired) electrons. The van der Waals surface area contributed by atoms with E-state index in [9.17, 15) is 24.6 Å². The average Bonchev–Trinajstić information content (AvgIpc) is 3.26. The predicted molar refractivity (Wildman–Crippen MR) is 99.9 cm³/mol. The lowest BCUT2D eigenvalue weighted by molar-refractivity contribution is -0.127. The van der Waals surface area contributed by atoms with E-state index in [4.69, 9.17) is 5.11 Å². The first-order valence-electron chi connectivity index (χ1n) is 10.1. The summed E-state index contributed by atoms with van der Waals surface area (Å²) in [6.07, 6.45) is 8.11. The summed E-state index contributed by atoms with van der Waals surface area (Å²) in [5.74, 6) is -1.09. The van der Waals surface area contributed by atoms with Crippen molar-refractivity contribution in [1.82, 2.24) is 0 Å². The topological polar surface area (TPSA) is 112 Å². The fraction of sp³-hybridized carbons (Fsp3) is 0.762. The Morgan fingerprint density at radius 2 is 1.74 bits per heavy atom. The van der Waals surface area contributed by atoms with Gasteiger partial charge in [0.1, 0.15) is 18.2 Å². The number of Topliss-reactive ketones (excluding diaryl/α,β-unsaturated/α-hetero) is 3. The Hall–Kier alpha value is -1.37. The van der Waals surface area contributed by atoms with Crippen molar-refractivity contribution in [1.29, 1.82) is 0 Å². The van der Waals surface area contributed by atoms with Crippen LogP contribution in [0.4, 0.5) is 0 Å². The molecule has 0 aromatic heterocycles. The molecule has 152 valence electrons. The third kappa shape index (κ3) is 6.63. The molecule has 0 aromatic carbocycles. The number of aliphatic hydroxyl groups excluding tert-OH is 3. The Balaban J connectivity index is 1.84. The van der Waals surface area contributed by atoms with Crippen LogP contribution >= 0.6 is 0 Å². The van der Waals surface area contributed by atoms with E-state index in [1.165, 1.54) is 0 Å². The SMILES string of the molecule is O=C(CO)CCCCC(=O)C[C@H]1C(=O)C[C@@H](O)[C@@H]1C=C[C@@H](O)C1CCCC1. The monoisotopic (exact) mass is 380 g/mol. The first-order valence-corrected chi connectivity index (χ1v) is 10.1. The van der Waals surface area contributed by atoms with Crippen LogP contribution in [0.5, 0.6) is 0 Å². The van der Waals surface area contributed by atoms with Gasteiger partial charge in [0.15, 0.2) is 5.78 Å². The molecule has 0 saturated heterocycles. The Morgan fingerprint density at radius 3 is 2.37 bits per heavy atom. The normalized spacial score (nSPS) is 27.5. The zero-order valence-corrected chi connectivity index (χ0v) is 15.9. The number of hydrogen-bond acceptors (Lipinski definition) is 6. The van der Waals surface area contributed by atoms with Gasteiger partial charge in [0, 0.05) is 37.5 Å². The van der Waals surface area contributed by atoms with Crippen molar-refractivity contribution < 1.29 is 29.7 Å². The van der Waals surface area contributed by atoms with E-state index < -0.39 is 30.7 Å². The summed E-state index contributed by atoms with van der Waals surface area (Å²) >= 11 is 0. The number of carbonyl (C=O) groups excluding carboxylic acids is 3. The average molecular weight is 380 g/mol. The van der Waals surface area contributed by atoms with E-state index in [-0.39, 0.29) is 42.5 Å². The molecule has 0 heterocycles. The highest BCUT2D eigenvalue weighted by Crippen LogP contribution is 2.34. The largest absolute Gasteiger partial charge is 0.392 e. The van der Waals surface area contributed by atoms with E-state index in [0.29, 0.717) is 19.3 Å². The van der Waals surface area contributed by atoms with E-state index in [1.807, 2.05) is 0 Å². The number of ketones is 3. The van der Waals surface area contributed by atoms with E-state index in [1.54, 1.807) is 12.2 Å². The van der Waals surface area contributed by atoms with Crippen LogP contribution in [-0.4, -0.2) is 51.5 Å². The van der Waals surface area contributed by atoms with Crippen molar-refractivity contribution in [3.05, 3.63) is 12.2 Å². The van der Waals surface area contributed by atoms with Gasteiger partial charge in [0.2, 0.25) is 0 Å². The van der Waals surface area contributed by atoms with Crippen molar-refractivity contribution in [2.24, 2.45) is 17.8 Å². The lowest BCUT2D eigenvalue weighted by atomic mass is 9.87. The molecule has 2 saturated carbocycles. The maximum absolute atomic E-state index is 12.2. The van der Waals surface area contributed by atoms with E-state index in [2.05, 4.69) is 0 Å². The Labute approximate surface area is 160 Å². The van der Waals surface area contributed by atoms with Crippen molar-refractivity contribution in [2.45, 2.75) is 76.4 Å². The molecule has 0 aliphatic heterocycles. The van der Waals surface area contributed by atoms with Gasteiger partial charge in [0.05, 0.1) is 12.2 Å². The molecule has 0 spiro atoms. The molecular formula is C21H32O6. The van der Waals surface area contributed by atoms with Gasteiger partial charge in [0.25, 0.3) is 0 Å². The summed E-state index contributed by atoms with van der Waals surface area (Å²) in [6.45, 7) is -0.469. The van der Waals surface area contributed by atoms with Gasteiger partial charge in [-0.05, 0) is 31.6 Å². The molecule has 2 aliphatic carbocycles. The molecule has 2 rings (SSSR count). The number of rotatable bonds is 11. The summed E-state index contributed by atoms with van der Waals surface area (Å²) in [6, 6.07) is 0. The lowest BCUT2D eigenvalue weighted by Gasteiger charge is -2.19. The second-order valence-electron chi connectivity index (χ2n) is 7.99. The summed E-state index contributed by atoms with van der Waals surface area (Å²) < 4.78 is 0. The molecule has 0 bridgehead atoms. The molecule has 2 fully saturated rings. The number of unbranched alkanes of at least 4 members (excludes halogenated alkanes) is 1. The van der Waals surface area contributed by atoms with Gasteiger partial charge < -0.3 is 15.3 Å². The van der Waals surface area contributed by atoms with E-state index >= 15 is 0 Å². The third-order valence-electron chi connectivity index (χ3n) is 5.93. The van der Waals surface area contributed by atoms with Crippen LogP contribution < -0.4 is 0 Å². The summed E-state index contributed by atoms with van der Waals surface area (Å²) in [7, 11) is 0. The second kappa shape index (κ2) is 10.8. The van der Waals surface area contributed by atoms with Crippen LogP contribution in [0.1, 0.15) is 64.2 Å². The van der Waals surface area contributed by atoms with Crippen molar-refractivity contribution in [3.63, 3.8) is 0 Å². The molecule has 0 unspecified atom stereocenters. The fourth-order valence-electron chi connectivity index (χ4n) is 4.26. The minimum atomic E-state index is -0.801.